The molecule has 1 atom stereocenters. The van der Waals surface area contributed by atoms with E-state index < -0.39 is 0 Å². The maximum atomic E-state index is 5.51. The van der Waals surface area contributed by atoms with Gasteiger partial charge < -0.3 is 25.0 Å². The van der Waals surface area contributed by atoms with E-state index in [9.17, 15) is 0 Å². The third kappa shape index (κ3) is 5.91. The van der Waals surface area contributed by atoms with Crippen LogP contribution in [-0.4, -0.2) is 46.4 Å². The molecule has 0 spiro atoms. The Morgan fingerprint density at radius 2 is 1.90 bits per heavy atom. The molecule has 0 saturated carbocycles. The van der Waals surface area contributed by atoms with Crippen LogP contribution in [0.4, 0.5) is 5.69 Å². The number of nitrogens with zero attached hydrogens (tertiary/aromatic N) is 2. The summed E-state index contributed by atoms with van der Waals surface area (Å²) in [7, 11) is 5.10. The molecular formula is C22H31IN4O2. The first-order valence-electron chi connectivity index (χ1n) is 9.63. The summed E-state index contributed by atoms with van der Waals surface area (Å²) in [5.74, 6) is 2.27. The number of anilines is 1. The van der Waals surface area contributed by atoms with Gasteiger partial charge >= 0.3 is 0 Å². The van der Waals surface area contributed by atoms with Gasteiger partial charge in [-0.05, 0) is 31.5 Å². The van der Waals surface area contributed by atoms with E-state index in [1.165, 1.54) is 11.3 Å². The first kappa shape index (κ1) is 23.1. The second-order valence-electron chi connectivity index (χ2n) is 6.99. The zero-order valence-electron chi connectivity index (χ0n) is 17.6. The highest BCUT2D eigenvalue weighted by Gasteiger charge is 2.23. The van der Waals surface area contributed by atoms with Crippen molar-refractivity contribution >= 4 is 35.6 Å². The van der Waals surface area contributed by atoms with Gasteiger partial charge in [-0.15, -0.1) is 24.0 Å². The molecule has 158 valence electrons. The van der Waals surface area contributed by atoms with Gasteiger partial charge in [0, 0.05) is 44.0 Å². The molecule has 1 heterocycles. The van der Waals surface area contributed by atoms with Gasteiger partial charge in [0.15, 0.2) is 17.5 Å². The third-order valence-electron chi connectivity index (χ3n) is 5.08. The Morgan fingerprint density at radius 1 is 1.14 bits per heavy atom. The number of methoxy groups -OCH3 is 2. The standard InChI is InChI=1S/C22H30N4O2.HI/c1-16-8-10-19(11-9-16)26-13-12-18(15-26)25-22(23-2)24-14-17-6-5-7-20(27-3)21(17)28-4;/h5-11,18H,12-15H2,1-4H3,(H2,23,24,25);1H. The van der Waals surface area contributed by atoms with E-state index in [1.54, 1.807) is 21.3 Å². The van der Waals surface area contributed by atoms with Crippen LogP contribution in [0.25, 0.3) is 0 Å². The molecule has 2 N–H and O–H groups in total. The summed E-state index contributed by atoms with van der Waals surface area (Å²) in [6.07, 6.45) is 1.08. The lowest BCUT2D eigenvalue weighted by atomic mass is 10.2. The molecule has 1 unspecified atom stereocenters. The molecule has 0 aromatic heterocycles. The molecule has 1 fully saturated rings. The lowest BCUT2D eigenvalue weighted by molar-refractivity contribution is 0.351. The smallest absolute Gasteiger partial charge is 0.191 e. The molecule has 0 amide bonds. The minimum atomic E-state index is 0. The first-order valence-corrected chi connectivity index (χ1v) is 9.63. The van der Waals surface area contributed by atoms with E-state index >= 15 is 0 Å². The van der Waals surface area contributed by atoms with E-state index in [1.807, 2.05) is 18.2 Å². The molecule has 29 heavy (non-hydrogen) atoms. The fourth-order valence-corrected chi connectivity index (χ4v) is 3.53. The SMILES string of the molecule is CN=C(NCc1cccc(OC)c1OC)NC1CCN(c2ccc(C)cc2)C1.I. The summed E-state index contributed by atoms with van der Waals surface area (Å²) in [6, 6.07) is 15.0. The van der Waals surface area contributed by atoms with Crippen LogP contribution in [0.2, 0.25) is 0 Å². The first-order chi connectivity index (χ1) is 13.6. The topological polar surface area (TPSA) is 58.1 Å². The van der Waals surface area contributed by atoms with Gasteiger partial charge in [0.1, 0.15) is 0 Å². The van der Waals surface area contributed by atoms with Crippen LogP contribution in [0.1, 0.15) is 17.5 Å². The van der Waals surface area contributed by atoms with Gasteiger partial charge in [-0.1, -0.05) is 29.8 Å². The highest BCUT2D eigenvalue weighted by atomic mass is 127. The summed E-state index contributed by atoms with van der Waals surface area (Å²) in [5, 5.41) is 6.92. The number of guanidine groups is 1. The van der Waals surface area contributed by atoms with Gasteiger partial charge in [-0.2, -0.15) is 0 Å². The van der Waals surface area contributed by atoms with Crippen LogP contribution in [0.3, 0.4) is 0 Å². The van der Waals surface area contributed by atoms with Crippen molar-refractivity contribution in [2.75, 3.05) is 39.3 Å². The summed E-state index contributed by atoms with van der Waals surface area (Å²) in [5.41, 5.74) is 3.59. The largest absolute Gasteiger partial charge is 0.493 e. The summed E-state index contributed by atoms with van der Waals surface area (Å²) >= 11 is 0. The Kier molecular flexibility index (Phi) is 8.88. The van der Waals surface area contributed by atoms with Gasteiger partial charge in [-0.3, -0.25) is 4.99 Å². The van der Waals surface area contributed by atoms with Crippen molar-refractivity contribution in [3.63, 3.8) is 0 Å². The molecule has 3 rings (SSSR count). The van der Waals surface area contributed by atoms with Crippen LogP contribution < -0.4 is 25.0 Å². The van der Waals surface area contributed by atoms with Crippen LogP contribution in [0.5, 0.6) is 11.5 Å². The molecule has 0 aliphatic carbocycles. The minimum absolute atomic E-state index is 0. The molecule has 1 saturated heterocycles. The maximum Gasteiger partial charge on any atom is 0.191 e. The van der Waals surface area contributed by atoms with Crippen molar-refractivity contribution in [2.45, 2.75) is 25.9 Å². The maximum absolute atomic E-state index is 5.51. The Labute approximate surface area is 190 Å². The molecule has 2 aromatic carbocycles. The van der Waals surface area contributed by atoms with E-state index in [-0.39, 0.29) is 24.0 Å². The molecular weight excluding hydrogens is 479 g/mol. The molecule has 2 aromatic rings. The van der Waals surface area contributed by atoms with E-state index in [0.717, 1.165) is 42.5 Å². The lowest BCUT2D eigenvalue weighted by Gasteiger charge is -2.21. The Bertz CT molecular complexity index is 811. The second-order valence-corrected chi connectivity index (χ2v) is 6.99. The number of ether oxygens (including phenoxy) is 2. The lowest BCUT2D eigenvalue weighted by Crippen LogP contribution is -2.44. The fourth-order valence-electron chi connectivity index (χ4n) is 3.53. The number of hydrogen-bond donors (Lipinski definition) is 2. The summed E-state index contributed by atoms with van der Waals surface area (Å²) < 4.78 is 10.9. The number of aliphatic imine (C=N–C) groups is 1. The van der Waals surface area contributed by atoms with Crippen molar-refractivity contribution in [3.8, 4) is 11.5 Å². The number of halogens is 1. The van der Waals surface area contributed by atoms with E-state index in [2.05, 4.69) is 51.7 Å². The number of rotatable bonds is 6. The van der Waals surface area contributed by atoms with Crippen LogP contribution in [0.15, 0.2) is 47.5 Å². The monoisotopic (exact) mass is 510 g/mol. The fraction of sp³-hybridized carbons (Fsp3) is 0.409. The molecule has 1 aliphatic rings. The molecule has 7 heteroatoms. The zero-order chi connectivity index (χ0) is 19.9. The number of para-hydroxylation sites is 1. The Morgan fingerprint density at radius 3 is 2.55 bits per heavy atom. The number of nitrogens with one attached hydrogen (secondary N) is 2. The second kappa shape index (κ2) is 11.1. The van der Waals surface area contributed by atoms with Crippen molar-refractivity contribution in [3.05, 3.63) is 53.6 Å². The average Bonchev–Trinajstić information content (AvgIpc) is 3.19. The molecule has 1 aliphatic heterocycles. The van der Waals surface area contributed by atoms with Crippen molar-refractivity contribution < 1.29 is 9.47 Å². The van der Waals surface area contributed by atoms with Crippen LogP contribution >= 0.6 is 24.0 Å². The van der Waals surface area contributed by atoms with Crippen LogP contribution in [-0.2, 0) is 6.54 Å². The average molecular weight is 510 g/mol. The Balaban J connectivity index is 0.00000300. The van der Waals surface area contributed by atoms with E-state index in [4.69, 9.17) is 9.47 Å². The minimum Gasteiger partial charge on any atom is -0.493 e. The highest BCUT2D eigenvalue weighted by Crippen LogP contribution is 2.30. The highest BCUT2D eigenvalue weighted by molar-refractivity contribution is 14.0. The number of hydrogen-bond acceptors (Lipinski definition) is 4. The molecule has 0 radical (unpaired) electrons. The summed E-state index contributed by atoms with van der Waals surface area (Å²) in [4.78, 5) is 6.79. The molecule has 6 nitrogen and oxygen atoms in total. The zero-order valence-corrected chi connectivity index (χ0v) is 19.9. The predicted octanol–water partition coefficient (Wildman–Crippen LogP) is 3.57. The van der Waals surface area contributed by atoms with Gasteiger partial charge in [0.05, 0.1) is 14.2 Å². The molecule has 0 bridgehead atoms. The Hall–Kier alpha value is -2.16. The van der Waals surface area contributed by atoms with Crippen molar-refractivity contribution in [1.29, 1.82) is 0 Å². The van der Waals surface area contributed by atoms with Gasteiger partial charge in [-0.25, -0.2) is 0 Å². The van der Waals surface area contributed by atoms with Crippen LogP contribution in [0, 0.1) is 6.92 Å². The van der Waals surface area contributed by atoms with Crippen molar-refractivity contribution in [2.24, 2.45) is 4.99 Å². The summed E-state index contributed by atoms with van der Waals surface area (Å²) in [6.45, 7) is 4.73. The normalized spacial score (nSPS) is 16.2. The van der Waals surface area contributed by atoms with Gasteiger partial charge in [0.25, 0.3) is 0 Å². The third-order valence-corrected chi connectivity index (χ3v) is 5.08. The number of aryl methyl sites for hydroxylation is 1. The van der Waals surface area contributed by atoms with Crippen molar-refractivity contribution in [1.82, 2.24) is 10.6 Å². The number of benzene rings is 2. The van der Waals surface area contributed by atoms with Gasteiger partial charge in [0.2, 0.25) is 0 Å². The quantitative estimate of drug-likeness (QED) is 0.354. The predicted molar refractivity (Wildman–Crippen MR) is 130 cm³/mol. The van der Waals surface area contributed by atoms with E-state index in [0.29, 0.717) is 12.6 Å².